The Balaban J connectivity index is 1.60. The molecule has 0 bridgehead atoms. The Hall–Kier alpha value is -1.56. The molecule has 128 valence electrons. The number of carbonyl (C=O) groups is 1. The number of carbonyl (C=O) groups excluding carboxylic acids is 1. The molecule has 0 unspecified atom stereocenters. The minimum atomic E-state index is -4.26. The minimum absolute atomic E-state index is 0.459. The molecule has 1 aliphatic heterocycles. The molecule has 23 heavy (non-hydrogen) atoms. The van der Waals surface area contributed by atoms with Gasteiger partial charge >= 0.3 is 6.18 Å². The monoisotopic (exact) mass is 328 g/mol. The maximum atomic E-state index is 12.0. The molecule has 0 saturated carbocycles. The van der Waals surface area contributed by atoms with E-state index in [1.807, 2.05) is 18.2 Å². The summed E-state index contributed by atoms with van der Waals surface area (Å²) in [6.45, 7) is 3.39. The number of benzene rings is 1. The van der Waals surface area contributed by atoms with Gasteiger partial charge in [0.1, 0.15) is 0 Å². The van der Waals surface area contributed by atoms with Gasteiger partial charge in [-0.25, -0.2) is 0 Å². The van der Waals surface area contributed by atoms with E-state index >= 15 is 0 Å². The summed E-state index contributed by atoms with van der Waals surface area (Å²) in [6, 6.07) is 10.3. The van der Waals surface area contributed by atoms with E-state index in [0.717, 1.165) is 32.5 Å². The van der Waals surface area contributed by atoms with Gasteiger partial charge in [0.25, 0.3) is 0 Å². The number of nitrogens with one attached hydrogen (secondary N) is 1. The molecule has 6 heteroatoms. The molecule has 1 N–H and O–H groups in total. The maximum Gasteiger partial charge on any atom is 0.389 e. The van der Waals surface area contributed by atoms with Crippen LogP contribution < -0.4 is 5.32 Å². The summed E-state index contributed by atoms with van der Waals surface area (Å²) in [4.78, 5) is 13.7. The van der Waals surface area contributed by atoms with E-state index in [1.165, 1.54) is 5.56 Å². The number of halogens is 3. The molecule has 0 aromatic heterocycles. The van der Waals surface area contributed by atoms with Crippen molar-refractivity contribution >= 4 is 5.91 Å². The Bertz CT molecular complexity index is 490. The Morgan fingerprint density at radius 3 is 2.70 bits per heavy atom. The lowest BCUT2D eigenvalue weighted by Gasteiger charge is -2.16. The van der Waals surface area contributed by atoms with Gasteiger partial charge in [0.2, 0.25) is 5.91 Å². The molecule has 2 rings (SSSR count). The van der Waals surface area contributed by atoms with Gasteiger partial charge in [-0.05, 0) is 30.9 Å². The van der Waals surface area contributed by atoms with Crippen LogP contribution in [0, 0.1) is 5.92 Å². The van der Waals surface area contributed by atoms with Crippen LogP contribution in [-0.2, 0) is 11.3 Å². The van der Waals surface area contributed by atoms with Gasteiger partial charge in [0, 0.05) is 26.1 Å². The Labute approximate surface area is 134 Å². The predicted molar refractivity (Wildman–Crippen MR) is 82.7 cm³/mol. The normalized spacial score (nSPS) is 19.0. The molecular weight excluding hydrogens is 305 g/mol. The molecule has 1 aromatic rings. The van der Waals surface area contributed by atoms with E-state index in [2.05, 4.69) is 22.3 Å². The van der Waals surface area contributed by atoms with Crippen molar-refractivity contribution in [2.75, 3.05) is 19.6 Å². The fourth-order valence-electron chi connectivity index (χ4n) is 2.89. The number of rotatable bonds is 7. The second-order valence-corrected chi connectivity index (χ2v) is 6.13. The molecule has 1 fully saturated rings. The van der Waals surface area contributed by atoms with E-state index in [1.54, 1.807) is 0 Å². The smallest absolute Gasteiger partial charge is 0.356 e. The summed E-state index contributed by atoms with van der Waals surface area (Å²) in [5, 5.41) is 2.59. The molecule has 3 nitrogen and oxygen atoms in total. The number of hydrogen-bond acceptors (Lipinski definition) is 2. The molecule has 1 amide bonds. The van der Waals surface area contributed by atoms with Gasteiger partial charge in [-0.15, -0.1) is 0 Å². The summed E-state index contributed by atoms with van der Waals surface area (Å²) >= 11 is 0. The van der Waals surface area contributed by atoms with Crippen LogP contribution in [0.2, 0.25) is 0 Å². The zero-order valence-corrected chi connectivity index (χ0v) is 13.1. The molecule has 1 aromatic carbocycles. The third kappa shape index (κ3) is 7.03. The van der Waals surface area contributed by atoms with Crippen LogP contribution in [0.4, 0.5) is 13.2 Å². The van der Waals surface area contributed by atoms with Gasteiger partial charge in [0.15, 0.2) is 0 Å². The first kappa shape index (κ1) is 17.8. The molecule has 1 saturated heterocycles. The molecule has 0 spiro atoms. The van der Waals surface area contributed by atoms with Crippen molar-refractivity contribution in [3.05, 3.63) is 35.9 Å². The van der Waals surface area contributed by atoms with E-state index in [4.69, 9.17) is 0 Å². The number of likely N-dealkylation sites (tertiary alicyclic amines) is 1. The van der Waals surface area contributed by atoms with Crippen LogP contribution in [0.25, 0.3) is 0 Å². The molecule has 1 heterocycles. The van der Waals surface area contributed by atoms with Gasteiger partial charge in [-0.1, -0.05) is 30.3 Å². The number of alkyl halides is 3. The highest BCUT2D eigenvalue weighted by molar-refractivity contribution is 5.75. The maximum absolute atomic E-state index is 12.0. The molecular formula is C17H23F3N2O. The summed E-state index contributed by atoms with van der Waals surface area (Å²) in [7, 11) is 0. The fourth-order valence-corrected chi connectivity index (χ4v) is 2.89. The van der Waals surface area contributed by atoms with Crippen molar-refractivity contribution in [2.45, 2.75) is 38.4 Å². The zero-order chi connectivity index (χ0) is 16.7. The first-order valence-electron chi connectivity index (χ1n) is 8.02. The van der Waals surface area contributed by atoms with Crippen molar-refractivity contribution in [3.63, 3.8) is 0 Å². The average molecular weight is 328 g/mol. The third-order valence-electron chi connectivity index (χ3n) is 4.13. The lowest BCUT2D eigenvalue weighted by molar-refractivity contribution is -0.144. The lowest BCUT2D eigenvalue weighted by atomic mass is 10.1. The highest BCUT2D eigenvalue weighted by Crippen LogP contribution is 2.22. The van der Waals surface area contributed by atoms with E-state index < -0.39 is 24.9 Å². The van der Waals surface area contributed by atoms with Gasteiger partial charge in [0.05, 0.1) is 6.42 Å². The van der Waals surface area contributed by atoms with Crippen molar-refractivity contribution in [3.8, 4) is 0 Å². The van der Waals surface area contributed by atoms with Crippen LogP contribution in [0.5, 0.6) is 0 Å². The first-order valence-corrected chi connectivity index (χ1v) is 8.02. The van der Waals surface area contributed by atoms with E-state index in [9.17, 15) is 18.0 Å². The average Bonchev–Trinajstić information content (AvgIpc) is 2.93. The van der Waals surface area contributed by atoms with E-state index in [-0.39, 0.29) is 0 Å². The fraction of sp³-hybridized carbons (Fsp3) is 0.588. The van der Waals surface area contributed by atoms with Crippen LogP contribution in [0.3, 0.4) is 0 Å². The molecule has 0 aliphatic carbocycles. The highest BCUT2D eigenvalue weighted by atomic mass is 19.4. The predicted octanol–water partition coefficient (Wildman–Crippen LogP) is 3.36. The van der Waals surface area contributed by atoms with Crippen LogP contribution in [0.1, 0.15) is 31.2 Å². The van der Waals surface area contributed by atoms with Gasteiger partial charge in [-0.2, -0.15) is 13.2 Å². The van der Waals surface area contributed by atoms with Crippen molar-refractivity contribution in [2.24, 2.45) is 5.92 Å². The standard InChI is InChI=1S/C17H23F3N2O/c18-17(19,20)9-6-16(23)21-10-7-15-8-11-22(13-15)12-14-4-2-1-3-5-14/h1-5,15H,6-13H2,(H,21,23)/t15-/m1/s1. The minimum Gasteiger partial charge on any atom is -0.356 e. The number of nitrogens with zero attached hydrogens (tertiary/aromatic N) is 1. The van der Waals surface area contributed by atoms with Crippen LogP contribution >= 0.6 is 0 Å². The zero-order valence-electron chi connectivity index (χ0n) is 13.1. The summed E-state index contributed by atoms with van der Waals surface area (Å²) in [6.07, 6.45) is -3.89. The SMILES string of the molecule is O=C(CCC(F)(F)F)NCC[C@@H]1CCN(Cc2ccccc2)C1. The number of hydrogen-bond donors (Lipinski definition) is 1. The first-order chi connectivity index (χ1) is 10.9. The summed E-state index contributed by atoms with van der Waals surface area (Å²) in [5.41, 5.74) is 1.29. The van der Waals surface area contributed by atoms with Gasteiger partial charge in [-0.3, -0.25) is 9.69 Å². The molecule has 0 radical (unpaired) electrons. The Morgan fingerprint density at radius 2 is 2.00 bits per heavy atom. The third-order valence-corrected chi connectivity index (χ3v) is 4.13. The Morgan fingerprint density at radius 1 is 1.26 bits per heavy atom. The number of amides is 1. The van der Waals surface area contributed by atoms with Crippen LogP contribution in [0.15, 0.2) is 30.3 Å². The molecule has 1 aliphatic rings. The quantitative estimate of drug-likeness (QED) is 0.832. The molecule has 1 atom stereocenters. The lowest BCUT2D eigenvalue weighted by Crippen LogP contribution is -2.28. The van der Waals surface area contributed by atoms with E-state index in [0.29, 0.717) is 12.5 Å². The second-order valence-electron chi connectivity index (χ2n) is 6.13. The summed E-state index contributed by atoms with van der Waals surface area (Å²) < 4.78 is 36.1. The summed E-state index contributed by atoms with van der Waals surface area (Å²) in [5.74, 6) is -0.0110. The largest absolute Gasteiger partial charge is 0.389 e. The second kappa shape index (κ2) is 8.34. The van der Waals surface area contributed by atoms with Crippen molar-refractivity contribution in [1.82, 2.24) is 10.2 Å². The van der Waals surface area contributed by atoms with Crippen LogP contribution in [-0.4, -0.2) is 36.6 Å². The van der Waals surface area contributed by atoms with Crippen molar-refractivity contribution in [1.29, 1.82) is 0 Å². The van der Waals surface area contributed by atoms with Crippen molar-refractivity contribution < 1.29 is 18.0 Å². The van der Waals surface area contributed by atoms with Gasteiger partial charge < -0.3 is 5.32 Å². The highest BCUT2D eigenvalue weighted by Gasteiger charge is 2.28. The Kier molecular flexibility index (Phi) is 6.45. The topological polar surface area (TPSA) is 32.3 Å².